The molecular weight excluding hydrogens is 450 g/mol. The molecule has 7 nitrogen and oxygen atoms in total. The van der Waals surface area contributed by atoms with Crippen molar-refractivity contribution in [3.63, 3.8) is 0 Å². The molecule has 1 N–H and O–H groups in total. The molecule has 0 aliphatic heterocycles. The second kappa shape index (κ2) is 11.0. The van der Waals surface area contributed by atoms with Gasteiger partial charge < -0.3 is 4.74 Å². The average molecular weight is 480 g/mol. The SMILES string of the molecule is COc1ccc(/C(C)=N\NC(=O)CN(c2ccc(C(C)C)cc2)S(=O)(=O)c2ccccc2)cc1. The first-order valence-electron chi connectivity index (χ1n) is 10.9. The fourth-order valence-corrected chi connectivity index (χ4v) is 4.71. The van der Waals surface area contributed by atoms with E-state index in [1.165, 1.54) is 12.1 Å². The zero-order valence-electron chi connectivity index (χ0n) is 19.7. The highest BCUT2D eigenvalue weighted by Gasteiger charge is 2.27. The van der Waals surface area contributed by atoms with Gasteiger partial charge in [0.05, 0.1) is 23.4 Å². The number of anilines is 1. The molecule has 0 spiro atoms. The number of rotatable bonds is 9. The highest BCUT2D eigenvalue weighted by atomic mass is 32.2. The Labute approximate surface area is 201 Å². The minimum absolute atomic E-state index is 0.105. The monoisotopic (exact) mass is 479 g/mol. The van der Waals surface area contributed by atoms with Gasteiger partial charge in [-0.15, -0.1) is 0 Å². The van der Waals surface area contributed by atoms with Crippen molar-refractivity contribution in [2.45, 2.75) is 31.6 Å². The van der Waals surface area contributed by atoms with Gasteiger partial charge in [-0.3, -0.25) is 9.10 Å². The Balaban J connectivity index is 1.85. The summed E-state index contributed by atoms with van der Waals surface area (Å²) < 4.78 is 33.1. The lowest BCUT2D eigenvalue weighted by Gasteiger charge is -2.24. The molecule has 0 bridgehead atoms. The van der Waals surface area contributed by atoms with E-state index in [2.05, 4.69) is 24.4 Å². The first-order valence-corrected chi connectivity index (χ1v) is 12.3. The fourth-order valence-electron chi connectivity index (χ4n) is 3.27. The smallest absolute Gasteiger partial charge is 0.264 e. The minimum atomic E-state index is -3.97. The number of hydrogen-bond donors (Lipinski definition) is 1. The van der Waals surface area contributed by atoms with Crippen LogP contribution in [-0.2, 0) is 14.8 Å². The molecule has 0 saturated carbocycles. The van der Waals surface area contributed by atoms with E-state index in [1.54, 1.807) is 56.5 Å². The van der Waals surface area contributed by atoms with Crippen molar-refractivity contribution >= 4 is 27.3 Å². The number of nitrogens with one attached hydrogen (secondary N) is 1. The van der Waals surface area contributed by atoms with Crippen molar-refractivity contribution in [1.82, 2.24) is 5.43 Å². The van der Waals surface area contributed by atoms with E-state index in [-0.39, 0.29) is 4.90 Å². The van der Waals surface area contributed by atoms with Crippen molar-refractivity contribution in [2.75, 3.05) is 18.0 Å². The van der Waals surface area contributed by atoms with E-state index < -0.39 is 22.5 Å². The van der Waals surface area contributed by atoms with E-state index in [4.69, 9.17) is 4.74 Å². The lowest BCUT2D eigenvalue weighted by molar-refractivity contribution is -0.119. The number of carbonyl (C=O) groups is 1. The highest BCUT2D eigenvalue weighted by Crippen LogP contribution is 2.25. The van der Waals surface area contributed by atoms with Crippen LogP contribution in [0.3, 0.4) is 0 Å². The normalized spacial score (nSPS) is 11.9. The van der Waals surface area contributed by atoms with Crippen LogP contribution in [0.2, 0.25) is 0 Å². The molecule has 3 rings (SSSR count). The number of hydrogen-bond acceptors (Lipinski definition) is 5. The van der Waals surface area contributed by atoms with Gasteiger partial charge in [0.15, 0.2) is 0 Å². The van der Waals surface area contributed by atoms with Gasteiger partial charge in [-0.05, 0) is 72.5 Å². The summed E-state index contributed by atoms with van der Waals surface area (Å²) in [5.41, 5.74) is 5.33. The van der Waals surface area contributed by atoms with Gasteiger partial charge in [0.1, 0.15) is 12.3 Å². The van der Waals surface area contributed by atoms with Gasteiger partial charge in [0.25, 0.3) is 15.9 Å². The van der Waals surface area contributed by atoms with Crippen LogP contribution < -0.4 is 14.5 Å². The van der Waals surface area contributed by atoms with Crippen LogP contribution in [0.1, 0.15) is 37.8 Å². The maximum absolute atomic E-state index is 13.4. The Kier molecular flexibility index (Phi) is 8.07. The van der Waals surface area contributed by atoms with E-state index in [9.17, 15) is 13.2 Å². The van der Waals surface area contributed by atoms with Crippen LogP contribution in [0, 0.1) is 0 Å². The molecule has 1 amide bonds. The Bertz CT molecular complexity index is 1240. The number of nitrogens with zero attached hydrogens (tertiary/aromatic N) is 2. The molecule has 3 aromatic rings. The van der Waals surface area contributed by atoms with Crippen LogP contribution in [-0.4, -0.2) is 33.7 Å². The topological polar surface area (TPSA) is 88.1 Å². The molecule has 0 fully saturated rings. The molecule has 0 aliphatic carbocycles. The summed E-state index contributed by atoms with van der Waals surface area (Å²) in [5.74, 6) is 0.456. The second-order valence-corrected chi connectivity index (χ2v) is 9.89. The third-order valence-electron chi connectivity index (χ3n) is 5.32. The predicted molar refractivity (Wildman–Crippen MR) is 135 cm³/mol. The number of benzene rings is 3. The number of amides is 1. The Morgan fingerprint density at radius 1 is 0.971 bits per heavy atom. The summed E-state index contributed by atoms with van der Waals surface area (Å²) in [7, 11) is -2.39. The maximum atomic E-state index is 13.4. The number of ether oxygens (including phenoxy) is 1. The van der Waals surface area contributed by atoms with Crippen LogP contribution in [0.25, 0.3) is 0 Å². The number of hydrazone groups is 1. The zero-order chi connectivity index (χ0) is 24.7. The summed E-state index contributed by atoms with van der Waals surface area (Å²) >= 11 is 0. The molecule has 0 radical (unpaired) electrons. The summed E-state index contributed by atoms with van der Waals surface area (Å²) in [4.78, 5) is 12.9. The maximum Gasteiger partial charge on any atom is 0.264 e. The molecule has 0 heterocycles. The molecule has 178 valence electrons. The molecule has 0 saturated heterocycles. The molecule has 0 aliphatic rings. The van der Waals surface area contributed by atoms with Crippen LogP contribution >= 0.6 is 0 Å². The molecular formula is C26H29N3O4S. The Hall–Kier alpha value is -3.65. The summed E-state index contributed by atoms with van der Waals surface area (Å²) in [6.45, 7) is 5.46. The van der Waals surface area contributed by atoms with E-state index in [0.29, 0.717) is 23.1 Å². The van der Waals surface area contributed by atoms with Crippen LogP contribution in [0.4, 0.5) is 5.69 Å². The minimum Gasteiger partial charge on any atom is -0.497 e. The molecule has 0 atom stereocenters. The Morgan fingerprint density at radius 2 is 1.59 bits per heavy atom. The third-order valence-corrected chi connectivity index (χ3v) is 7.11. The fraction of sp³-hybridized carbons (Fsp3) is 0.231. The molecule has 34 heavy (non-hydrogen) atoms. The molecule has 0 aromatic heterocycles. The van der Waals surface area contributed by atoms with Crippen molar-refractivity contribution in [3.05, 3.63) is 90.0 Å². The van der Waals surface area contributed by atoms with Gasteiger partial charge in [-0.25, -0.2) is 13.8 Å². The van der Waals surface area contributed by atoms with Crippen LogP contribution in [0.5, 0.6) is 5.75 Å². The second-order valence-electron chi connectivity index (χ2n) is 8.03. The van der Waals surface area contributed by atoms with Crippen molar-refractivity contribution in [2.24, 2.45) is 5.10 Å². The van der Waals surface area contributed by atoms with Crippen molar-refractivity contribution in [1.29, 1.82) is 0 Å². The number of methoxy groups -OCH3 is 1. The lowest BCUT2D eigenvalue weighted by Crippen LogP contribution is -2.39. The number of carbonyl (C=O) groups excluding carboxylic acids is 1. The largest absolute Gasteiger partial charge is 0.497 e. The predicted octanol–water partition coefficient (Wildman–Crippen LogP) is 4.55. The van der Waals surface area contributed by atoms with Gasteiger partial charge in [-0.1, -0.05) is 44.2 Å². The first kappa shape index (κ1) is 25.0. The standard InChI is InChI=1S/C26H29N3O4S/c1-19(2)21-10-14-23(15-11-21)29(34(31,32)25-8-6-5-7-9-25)18-26(30)28-27-20(3)22-12-16-24(33-4)17-13-22/h5-17,19H,18H2,1-4H3,(H,28,30)/b27-20-. The van der Waals surface area contributed by atoms with Crippen molar-refractivity contribution in [3.8, 4) is 5.75 Å². The Morgan fingerprint density at radius 3 is 2.15 bits per heavy atom. The van der Waals surface area contributed by atoms with Crippen LogP contribution in [0.15, 0.2) is 88.9 Å². The quantitative estimate of drug-likeness (QED) is 0.360. The first-order chi connectivity index (χ1) is 16.2. The van der Waals surface area contributed by atoms with Gasteiger partial charge >= 0.3 is 0 Å². The number of sulfonamides is 1. The highest BCUT2D eigenvalue weighted by molar-refractivity contribution is 7.92. The summed E-state index contributed by atoms with van der Waals surface area (Å²) in [5, 5.41) is 4.14. The zero-order valence-corrected chi connectivity index (χ0v) is 20.5. The van der Waals surface area contributed by atoms with Gasteiger partial charge in [0, 0.05) is 0 Å². The molecule has 0 unspecified atom stereocenters. The molecule has 3 aromatic carbocycles. The van der Waals surface area contributed by atoms with Gasteiger partial charge in [0.2, 0.25) is 0 Å². The summed E-state index contributed by atoms with van der Waals surface area (Å²) in [6.07, 6.45) is 0. The van der Waals surface area contributed by atoms with E-state index in [0.717, 1.165) is 15.4 Å². The average Bonchev–Trinajstić information content (AvgIpc) is 2.86. The summed E-state index contributed by atoms with van der Waals surface area (Å²) in [6, 6.07) is 22.5. The van der Waals surface area contributed by atoms with Gasteiger partial charge in [-0.2, -0.15) is 5.10 Å². The van der Waals surface area contributed by atoms with E-state index >= 15 is 0 Å². The molecule has 8 heteroatoms. The van der Waals surface area contributed by atoms with Crippen molar-refractivity contribution < 1.29 is 17.9 Å². The third kappa shape index (κ3) is 6.02. The lowest BCUT2D eigenvalue weighted by atomic mass is 10.0. The van der Waals surface area contributed by atoms with E-state index in [1.807, 2.05) is 24.3 Å².